The topological polar surface area (TPSA) is 52.6 Å². The molecule has 4 rings (SSSR count). The molecule has 0 saturated carbocycles. The van der Waals surface area contributed by atoms with Gasteiger partial charge in [-0.05, 0) is 91.1 Å². The van der Waals surface area contributed by atoms with Gasteiger partial charge >= 0.3 is 11.9 Å². The molecule has 0 spiro atoms. The maximum Gasteiger partial charge on any atom is 0.343 e. The van der Waals surface area contributed by atoms with Crippen molar-refractivity contribution in [3.63, 3.8) is 0 Å². The lowest BCUT2D eigenvalue weighted by Gasteiger charge is -2.13. The first-order chi connectivity index (χ1) is 17.9. The molecule has 4 heteroatoms. The summed E-state index contributed by atoms with van der Waals surface area (Å²) in [5, 5.41) is 0. The van der Waals surface area contributed by atoms with Gasteiger partial charge in [0.25, 0.3) is 0 Å². The number of aryl methyl sites for hydroxylation is 2. The van der Waals surface area contributed by atoms with E-state index in [1.165, 1.54) is 0 Å². The maximum atomic E-state index is 12.8. The Labute approximate surface area is 217 Å². The van der Waals surface area contributed by atoms with E-state index in [-0.39, 0.29) is 0 Å². The van der Waals surface area contributed by atoms with Gasteiger partial charge in [-0.15, -0.1) is 0 Å². The minimum atomic E-state index is -0.439. The predicted octanol–water partition coefficient (Wildman–Crippen LogP) is 7.62. The van der Waals surface area contributed by atoms with Gasteiger partial charge < -0.3 is 9.47 Å². The van der Waals surface area contributed by atoms with E-state index in [9.17, 15) is 9.59 Å². The van der Waals surface area contributed by atoms with Crippen LogP contribution in [0.25, 0.3) is 12.2 Å². The highest BCUT2D eigenvalue weighted by atomic mass is 16.5. The second kappa shape index (κ2) is 11.4. The van der Waals surface area contributed by atoms with Crippen molar-refractivity contribution in [3.8, 4) is 11.5 Å². The van der Waals surface area contributed by atoms with Crippen LogP contribution in [0.5, 0.6) is 11.5 Å². The van der Waals surface area contributed by atoms with E-state index in [0.717, 1.165) is 33.4 Å². The van der Waals surface area contributed by atoms with Crippen LogP contribution in [0.15, 0.2) is 98.1 Å². The summed E-state index contributed by atoms with van der Waals surface area (Å²) in [7, 11) is 0. The zero-order chi connectivity index (χ0) is 26.4. The van der Waals surface area contributed by atoms with Gasteiger partial charge in [0, 0.05) is 0 Å². The lowest BCUT2D eigenvalue weighted by Crippen LogP contribution is -2.10. The molecule has 0 aromatic heterocycles. The summed E-state index contributed by atoms with van der Waals surface area (Å²) in [6, 6.07) is 25.4. The quantitative estimate of drug-likeness (QED) is 0.189. The van der Waals surface area contributed by atoms with E-state index < -0.39 is 11.9 Å². The van der Waals surface area contributed by atoms with Crippen LogP contribution in [0.3, 0.4) is 0 Å². The Morgan fingerprint density at radius 1 is 0.622 bits per heavy atom. The van der Waals surface area contributed by atoms with E-state index in [1.54, 1.807) is 48.6 Å². The molecular weight excluding hydrogens is 460 g/mol. The zero-order valence-corrected chi connectivity index (χ0v) is 21.0. The number of hydrogen-bond acceptors (Lipinski definition) is 4. The molecule has 0 fully saturated rings. The van der Waals surface area contributed by atoms with Gasteiger partial charge in [-0.2, -0.15) is 0 Å². The van der Waals surface area contributed by atoms with Crippen LogP contribution < -0.4 is 9.47 Å². The van der Waals surface area contributed by atoms with Crippen LogP contribution in [-0.4, -0.2) is 11.9 Å². The summed E-state index contributed by atoms with van der Waals surface area (Å²) in [5.41, 5.74) is 6.65. The van der Waals surface area contributed by atoms with Crippen molar-refractivity contribution >= 4 is 24.1 Å². The van der Waals surface area contributed by atoms with Crippen LogP contribution in [0.1, 0.15) is 54.1 Å². The third-order valence-electron chi connectivity index (χ3n) is 6.04. The number of hydrogen-bond donors (Lipinski definition) is 0. The first-order valence-corrected chi connectivity index (χ1v) is 11.9. The fraction of sp³-hybridized carbons (Fsp3) is 0.0909. The number of benzene rings is 4. The van der Waals surface area contributed by atoms with Gasteiger partial charge in [-0.3, -0.25) is 0 Å². The second-order valence-electron chi connectivity index (χ2n) is 8.82. The Morgan fingerprint density at radius 2 is 1.08 bits per heavy atom. The number of esters is 2. The number of rotatable bonds is 8. The maximum absolute atomic E-state index is 12.8. The third-order valence-corrected chi connectivity index (χ3v) is 6.04. The monoisotopic (exact) mass is 488 g/mol. The molecule has 0 aliphatic heterocycles. The van der Waals surface area contributed by atoms with E-state index >= 15 is 0 Å². The average molecular weight is 489 g/mol. The third kappa shape index (κ3) is 6.30. The molecule has 0 N–H and O–H groups in total. The molecule has 0 amide bonds. The lowest BCUT2D eigenvalue weighted by molar-refractivity contribution is 0.0725. The van der Waals surface area contributed by atoms with Crippen molar-refractivity contribution in [1.82, 2.24) is 0 Å². The van der Waals surface area contributed by atoms with Crippen molar-refractivity contribution in [2.45, 2.75) is 20.3 Å². The molecule has 0 aliphatic rings. The average Bonchev–Trinajstić information content (AvgIpc) is 2.90. The molecule has 0 aliphatic carbocycles. The van der Waals surface area contributed by atoms with E-state index in [2.05, 4.69) is 13.2 Å². The normalized spacial score (nSPS) is 10.4. The van der Waals surface area contributed by atoms with Crippen LogP contribution in [0, 0.1) is 13.8 Å². The summed E-state index contributed by atoms with van der Waals surface area (Å²) in [4.78, 5) is 25.5. The largest absolute Gasteiger partial charge is 0.423 e. The minimum absolute atomic E-state index is 0.426. The first kappa shape index (κ1) is 25.4. The molecular formula is C33H28O4. The Balaban J connectivity index is 1.59. The molecule has 0 radical (unpaired) electrons. The SMILES string of the molecule is C=Cc1ccc(OC(=O)c2ccc(C)cc2)cc1Cc1cc(C(=O)Oc2ccc(C)cc2)ccc1C=C. The standard InChI is InChI=1S/C33H28O4/c1-5-24-13-14-27(33(35)36-30-16-9-23(4)10-17-30)19-28(24)20-29-21-31(18-15-25(29)6-2)37-32(34)26-11-7-22(3)8-12-26/h5-19,21H,1-2,20H2,3-4H3. The molecule has 4 aromatic carbocycles. The first-order valence-electron chi connectivity index (χ1n) is 11.9. The van der Waals surface area contributed by atoms with Crippen LogP contribution in [-0.2, 0) is 6.42 Å². The van der Waals surface area contributed by atoms with Crippen molar-refractivity contribution < 1.29 is 19.1 Å². The van der Waals surface area contributed by atoms with Gasteiger partial charge in [0.05, 0.1) is 11.1 Å². The van der Waals surface area contributed by atoms with Crippen LogP contribution in [0.4, 0.5) is 0 Å². The Hall–Kier alpha value is -4.70. The number of ether oxygens (including phenoxy) is 2. The highest BCUT2D eigenvalue weighted by Gasteiger charge is 2.14. The lowest BCUT2D eigenvalue weighted by atomic mass is 9.94. The summed E-state index contributed by atoms with van der Waals surface area (Å²) >= 11 is 0. The molecule has 4 aromatic rings. The van der Waals surface area contributed by atoms with Crippen LogP contribution in [0.2, 0.25) is 0 Å². The van der Waals surface area contributed by atoms with Gasteiger partial charge in [0.1, 0.15) is 11.5 Å². The van der Waals surface area contributed by atoms with Gasteiger partial charge in [-0.25, -0.2) is 9.59 Å². The summed E-state index contributed by atoms with van der Waals surface area (Å²) in [6.45, 7) is 11.8. The summed E-state index contributed by atoms with van der Waals surface area (Å²) in [5.74, 6) is 0.0543. The molecule has 184 valence electrons. The van der Waals surface area contributed by atoms with Crippen molar-refractivity contribution in [3.05, 3.63) is 143 Å². The van der Waals surface area contributed by atoms with E-state index in [1.807, 2.05) is 62.4 Å². The van der Waals surface area contributed by atoms with E-state index in [4.69, 9.17) is 9.47 Å². The Kier molecular flexibility index (Phi) is 7.80. The Morgan fingerprint density at radius 3 is 1.70 bits per heavy atom. The minimum Gasteiger partial charge on any atom is -0.423 e. The van der Waals surface area contributed by atoms with Crippen molar-refractivity contribution in [1.29, 1.82) is 0 Å². The van der Waals surface area contributed by atoms with Crippen molar-refractivity contribution in [2.75, 3.05) is 0 Å². The zero-order valence-electron chi connectivity index (χ0n) is 21.0. The van der Waals surface area contributed by atoms with Crippen molar-refractivity contribution in [2.24, 2.45) is 0 Å². The van der Waals surface area contributed by atoms with Gasteiger partial charge in [0.15, 0.2) is 0 Å². The number of carbonyl (C=O) groups excluding carboxylic acids is 2. The fourth-order valence-electron chi connectivity index (χ4n) is 3.92. The molecule has 4 nitrogen and oxygen atoms in total. The van der Waals surface area contributed by atoms with Gasteiger partial charge in [-0.1, -0.05) is 72.8 Å². The molecule has 0 bridgehead atoms. The number of carbonyl (C=O) groups is 2. The Bertz CT molecular complexity index is 1460. The highest BCUT2D eigenvalue weighted by molar-refractivity contribution is 5.92. The molecule has 0 atom stereocenters. The van der Waals surface area contributed by atoms with Gasteiger partial charge in [0.2, 0.25) is 0 Å². The molecule has 0 heterocycles. The summed E-state index contributed by atoms with van der Waals surface area (Å²) in [6.07, 6.45) is 3.98. The smallest absolute Gasteiger partial charge is 0.343 e. The molecule has 0 saturated heterocycles. The highest BCUT2D eigenvalue weighted by Crippen LogP contribution is 2.26. The molecule has 0 unspecified atom stereocenters. The van der Waals surface area contributed by atoms with E-state index in [0.29, 0.717) is 29.0 Å². The fourth-order valence-corrected chi connectivity index (χ4v) is 3.92. The molecule has 37 heavy (non-hydrogen) atoms. The summed E-state index contributed by atoms with van der Waals surface area (Å²) < 4.78 is 11.2. The van der Waals surface area contributed by atoms with Crippen LogP contribution >= 0.6 is 0 Å². The second-order valence-corrected chi connectivity index (χ2v) is 8.82. The predicted molar refractivity (Wildman–Crippen MR) is 148 cm³/mol.